The van der Waals surface area contributed by atoms with Crippen molar-refractivity contribution < 1.29 is 13.2 Å². The summed E-state index contributed by atoms with van der Waals surface area (Å²) in [5.74, 6) is 0.563. The lowest BCUT2D eigenvalue weighted by atomic mass is 10.1. The maximum absolute atomic E-state index is 12.6. The fourth-order valence-corrected chi connectivity index (χ4v) is 5.22. The zero-order chi connectivity index (χ0) is 24.8. The van der Waals surface area contributed by atoms with Crippen LogP contribution in [0, 0.1) is 13.8 Å². The van der Waals surface area contributed by atoms with Gasteiger partial charge in [0.15, 0.2) is 0 Å². The second-order valence-corrected chi connectivity index (χ2v) is 11.0. The molecule has 2 N–H and O–H groups in total. The van der Waals surface area contributed by atoms with Gasteiger partial charge in [-0.25, -0.2) is 8.42 Å². The highest BCUT2D eigenvalue weighted by atomic mass is 32.2. The van der Waals surface area contributed by atoms with Crippen molar-refractivity contribution in [1.82, 2.24) is 0 Å². The minimum atomic E-state index is -3.72. The highest BCUT2D eigenvalue weighted by Gasteiger charge is 2.14. The maximum atomic E-state index is 12.6. The second-order valence-electron chi connectivity index (χ2n) is 8.25. The first-order valence-corrected chi connectivity index (χ1v) is 13.5. The molecule has 0 atom stereocenters. The Hall–Kier alpha value is -3.55. The van der Waals surface area contributed by atoms with Gasteiger partial charge in [0, 0.05) is 27.6 Å². The van der Waals surface area contributed by atoms with Crippen LogP contribution in [0.3, 0.4) is 0 Å². The molecule has 0 aromatic heterocycles. The second kappa shape index (κ2) is 10.8. The van der Waals surface area contributed by atoms with E-state index in [0.717, 1.165) is 16.9 Å². The van der Waals surface area contributed by atoms with Gasteiger partial charge in [0.1, 0.15) is 0 Å². The molecule has 7 heteroatoms. The molecule has 0 saturated heterocycles. The van der Waals surface area contributed by atoms with Gasteiger partial charge in [-0.2, -0.15) is 0 Å². The Morgan fingerprint density at radius 3 is 1.86 bits per heavy atom. The molecule has 0 bridgehead atoms. The lowest BCUT2D eigenvalue weighted by Crippen LogP contribution is -2.14. The average molecular weight is 503 g/mol. The van der Waals surface area contributed by atoms with Crippen LogP contribution in [0.4, 0.5) is 11.4 Å². The molecule has 0 spiro atoms. The molecule has 178 valence electrons. The molecule has 4 rings (SSSR count). The molecule has 0 radical (unpaired) electrons. The molecule has 0 aliphatic rings. The standard InChI is InChI=1S/C28H26N2O3S2/c1-20-3-11-25(12-4-20)30-35(32,33)27-17-13-24(14-18-27)29-28(31)23-9-7-22(8-10-23)19-34-26-15-5-21(2)6-16-26/h3-18,30H,19H2,1-2H3,(H,29,31). The van der Waals surface area contributed by atoms with Crippen LogP contribution in [0.2, 0.25) is 0 Å². The van der Waals surface area contributed by atoms with Gasteiger partial charge in [0.05, 0.1) is 4.90 Å². The van der Waals surface area contributed by atoms with Gasteiger partial charge in [0.25, 0.3) is 15.9 Å². The molecule has 0 aliphatic carbocycles. The van der Waals surface area contributed by atoms with E-state index >= 15 is 0 Å². The number of amides is 1. The van der Waals surface area contributed by atoms with Crippen LogP contribution < -0.4 is 10.0 Å². The van der Waals surface area contributed by atoms with E-state index in [1.54, 1.807) is 48.2 Å². The predicted molar refractivity (Wildman–Crippen MR) is 144 cm³/mol. The van der Waals surface area contributed by atoms with Crippen molar-refractivity contribution >= 4 is 39.1 Å². The van der Waals surface area contributed by atoms with E-state index in [2.05, 4.69) is 41.2 Å². The van der Waals surface area contributed by atoms with Crippen LogP contribution in [0.5, 0.6) is 0 Å². The number of aryl methyl sites for hydroxylation is 2. The largest absolute Gasteiger partial charge is 0.322 e. The van der Waals surface area contributed by atoms with Crippen molar-refractivity contribution in [3.05, 3.63) is 119 Å². The third-order valence-electron chi connectivity index (χ3n) is 5.37. The van der Waals surface area contributed by atoms with E-state index in [9.17, 15) is 13.2 Å². The van der Waals surface area contributed by atoms with Crippen LogP contribution >= 0.6 is 11.8 Å². The number of carbonyl (C=O) groups excluding carboxylic acids is 1. The van der Waals surface area contributed by atoms with E-state index in [-0.39, 0.29) is 10.8 Å². The van der Waals surface area contributed by atoms with Gasteiger partial charge in [-0.3, -0.25) is 9.52 Å². The van der Waals surface area contributed by atoms with Crippen molar-refractivity contribution in [3.63, 3.8) is 0 Å². The topological polar surface area (TPSA) is 75.3 Å². The van der Waals surface area contributed by atoms with E-state index < -0.39 is 10.0 Å². The Bertz CT molecular complexity index is 1400. The Morgan fingerprint density at radius 1 is 0.714 bits per heavy atom. The molecule has 0 unspecified atom stereocenters. The zero-order valence-corrected chi connectivity index (χ0v) is 21.1. The lowest BCUT2D eigenvalue weighted by molar-refractivity contribution is 0.102. The molecular formula is C28H26N2O3S2. The number of thioether (sulfide) groups is 1. The van der Waals surface area contributed by atoms with Gasteiger partial charge < -0.3 is 5.32 Å². The summed E-state index contributed by atoms with van der Waals surface area (Å²) in [5, 5.41) is 2.82. The molecule has 4 aromatic carbocycles. The minimum Gasteiger partial charge on any atom is -0.322 e. The van der Waals surface area contributed by atoms with Crippen LogP contribution in [0.1, 0.15) is 27.0 Å². The molecule has 0 saturated carbocycles. The summed E-state index contributed by atoms with van der Waals surface area (Å²) in [6.45, 7) is 4.00. The smallest absolute Gasteiger partial charge is 0.261 e. The van der Waals surface area contributed by atoms with Crippen molar-refractivity contribution in [1.29, 1.82) is 0 Å². The Labute approximate surface area is 210 Å². The quantitative estimate of drug-likeness (QED) is 0.265. The van der Waals surface area contributed by atoms with Crippen LogP contribution in [-0.2, 0) is 15.8 Å². The fraction of sp³-hybridized carbons (Fsp3) is 0.107. The number of nitrogens with one attached hydrogen (secondary N) is 2. The highest BCUT2D eigenvalue weighted by molar-refractivity contribution is 7.98. The Morgan fingerprint density at radius 2 is 1.26 bits per heavy atom. The van der Waals surface area contributed by atoms with Gasteiger partial charge in [-0.15, -0.1) is 11.8 Å². The summed E-state index contributed by atoms with van der Waals surface area (Å²) in [6.07, 6.45) is 0. The summed E-state index contributed by atoms with van der Waals surface area (Å²) < 4.78 is 27.8. The number of rotatable bonds is 8. The number of sulfonamides is 1. The first kappa shape index (κ1) is 24.6. The lowest BCUT2D eigenvalue weighted by Gasteiger charge is -2.10. The maximum Gasteiger partial charge on any atom is 0.261 e. The Kier molecular flexibility index (Phi) is 7.58. The van der Waals surface area contributed by atoms with Crippen molar-refractivity contribution in [2.24, 2.45) is 0 Å². The van der Waals surface area contributed by atoms with Gasteiger partial charge in [-0.05, 0) is 80.1 Å². The first-order chi connectivity index (χ1) is 16.8. The fourth-order valence-electron chi connectivity index (χ4n) is 3.31. The third kappa shape index (κ3) is 6.74. The van der Waals surface area contributed by atoms with Gasteiger partial charge >= 0.3 is 0 Å². The number of anilines is 2. The summed E-state index contributed by atoms with van der Waals surface area (Å²) in [7, 11) is -3.72. The summed E-state index contributed by atoms with van der Waals surface area (Å²) >= 11 is 1.75. The molecule has 4 aromatic rings. The van der Waals surface area contributed by atoms with Crippen LogP contribution in [0.25, 0.3) is 0 Å². The number of benzene rings is 4. The molecular weight excluding hydrogens is 476 g/mol. The normalized spacial score (nSPS) is 11.1. The van der Waals surface area contributed by atoms with Crippen LogP contribution in [0.15, 0.2) is 107 Å². The number of carbonyl (C=O) groups is 1. The molecule has 0 aliphatic heterocycles. The first-order valence-electron chi connectivity index (χ1n) is 11.1. The van der Waals surface area contributed by atoms with E-state index in [0.29, 0.717) is 16.9 Å². The van der Waals surface area contributed by atoms with Gasteiger partial charge in [-0.1, -0.05) is 47.5 Å². The monoisotopic (exact) mass is 502 g/mol. The number of hydrogen-bond acceptors (Lipinski definition) is 4. The SMILES string of the molecule is Cc1ccc(NS(=O)(=O)c2ccc(NC(=O)c3ccc(CSc4ccc(C)cc4)cc3)cc2)cc1. The van der Waals surface area contributed by atoms with E-state index in [1.807, 2.05) is 31.2 Å². The molecule has 0 heterocycles. The van der Waals surface area contributed by atoms with Gasteiger partial charge in [0.2, 0.25) is 0 Å². The van der Waals surface area contributed by atoms with E-state index in [4.69, 9.17) is 0 Å². The highest BCUT2D eigenvalue weighted by Crippen LogP contribution is 2.24. The van der Waals surface area contributed by atoms with Crippen molar-refractivity contribution in [2.45, 2.75) is 29.4 Å². The zero-order valence-electron chi connectivity index (χ0n) is 19.5. The van der Waals surface area contributed by atoms with Crippen molar-refractivity contribution in [2.75, 3.05) is 10.0 Å². The third-order valence-corrected chi connectivity index (χ3v) is 7.85. The molecule has 1 amide bonds. The summed E-state index contributed by atoms with van der Waals surface area (Å²) in [4.78, 5) is 14.0. The minimum absolute atomic E-state index is 0.117. The van der Waals surface area contributed by atoms with Crippen LogP contribution in [-0.4, -0.2) is 14.3 Å². The Balaban J connectivity index is 1.34. The average Bonchev–Trinajstić information content (AvgIpc) is 2.85. The van der Waals surface area contributed by atoms with E-state index in [1.165, 1.54) is 22.6 Å². The number of hydrogen-bond donors (Lipinski definition) is 2. The molecule has 35 heavy (non-hydrogen) atoms. The predicted octanol–water partition coefficient (Wildman–Crippen LogP) is 6.65. The summed E-state index contributed by atoms with van der Waals surface area (Å²) in [5.41, 5.74) is 4.95. The molecule has 0 fully saturated rings. The van der Waals surface area contributed by atoms with Crippen molar-refractivity contribution in [3.8, 4) is 0 Å². The molecule has 5 nitrogen and oxygen atoms in total. The summed E-state index contributed by atoms with van der Waals surface area (Å²) in [6, 6.07) is 29.1.